The number of nitrogens with zero attached hydrogens (tertiary/aromatic N) is 2. The van der Waals surface area contributed by atoms with E-state index in [4.69, 9.17) is 5.11 Å². The average molecular weight is 334 g/mol. The lowest BCUT2D eigenvalue weighted by Crippen LogP contribution is -2.29. The van der Waals surface area contributed by atoms with E-state index in [1.165, 1.54) is 4.90 Å². The molecule has 23 heavy (non-hydrogen) atoms. The molecule has 0 bridgehead atoms. The molecule has 122 valence electrons. The summed E-state index contributed by atoms with van der Waals surface area (Å²) in [5, 5.41) is 8.30. The number of carboxylic acid groups (broad SMARTS) is 1. The molecule has 0 aliphatic carbocycles. The van der Waals surface area contributed by atoms with Crippen LogP contribution in [0.5, 0.6) is 0 Å². The number of amides is 2. The lowest BCUT2D eigenvalue weighted by molar-refractivity contribution is -0.137. The molecule has 7 heteroatoms. The number of unbranched alkanes of at least 4 members (excludes halogenated alkanes) is 3. The molecule has 2 rings (SSSR count). The highest BCUT2D eigenvalue weighted by Gasteiger charge is 2.34. The van der Waals surface area contributed by atoms with Gasteiger partial charge in [-0.2, -0.15) is 0 Å². The third-order valence-corrected chi connectivity index (χ3v) is 4.29. The average Bonchev–Trinajstić information content (AvgIpc) is 2.78. The Balaban J connectivity index is 1.82. The number of aromatic nitrogens is 1. The molecule has 6 nitrogen and oxygen atoms in total. The van der Waals surface area contributed by atoms with Gasteiger partial charge >= 0.3 is 5.97 Å². The zero-order valence-electron chi connectivity index (χ0n) is 12.6. The lowest BCUT2D eigenvalue weighted by Gasteiger charge is -2.11. The summed E-state index contributed by atoms with van der Waals surface area (Å²) in [6.45, 7) is 0.377. The fraction of sp³-hybridized carbons (Fsp3) is 0.375. The summed E-state index contributed by atoms with van der Waals surface area (Å²) in [5.41, 5.74) is 0.784. The molecular weight excluding hydrogens is 316 g/mol. The molecule has 0 atom stereocenters. The third kappa shape index (κ3) is 5.21. The molecule has 0 aromatic carbocycles. The number of carbonyl (C=O) groups excluding carboxylic acids is 2. The fourth-order valence-corrected chi connectivity index (χ4v) is 3.07. The summed E-state index contributed by atoms with van der Waals surface area (Å²) in [5.74, 6) is -1.06. The van der Waals surface area contributed by atoms with Gasteiger partial charge < -0.3 is 5.11 Å². The van der Waals surface area contributed by atoms with E-state index in [9.17, 15) is 14.4 Å². The fourth-order valence-electron chi connectivity index (χ4n) is 2.21. The number of rotatable bonds is 8. The van der Waals surface area contributed by atoms with Gasteiger partial charge in [-0.25, -0.2) is 0 Å². The highest BCUT2D eigenvalue weighted by Crippen LogP contribution is 2.32. The molecule has 0 spiro atoms. The van der Waals surface area contributed by atoms with E-state index >= 15 is 0 Å². The monoisotopic (exact) mass is 334 g/mol. The first-order chi connectivity index (χ1) is 11.1. The third-order valence-electron chi connectivity index (χ3n) is 3.38. The second-order valence-electron chi connectivity index (χ2n) is 5.18. The van der Waals surface area contributed by atoms with Crippen LogP contribution in [0.15, 0.2) is 29.4 Å². The maximum Gasteiger partial charge on any atom is 0.303 e. The predicted molar refractivity (Wildman–Crippen MR) is 87.6 cm³/mol. The van der Waals surface area contributed by atoms with Crippen LogP contribution >= 0.6 is 11.8 Å². The van der Waals surface area contributed by atoms with Crippen LogP contribution in [0.1, 0.15) is 37.7 Å². The van der Waals surface area contributed by atoms with Gasteiger partial charge in [0, 0.05) is 25.4 Å². The molecule has 1 aromatic rings. The van der Waals surface area contributed by atoms with Crippen molar-refractivity contribution in [3.8, 4) is 0 Å². The van der Waals surface area contributed by atoms with Crippen LogP contribution < -0.4 is 0 Å². The Labute approximate surface area is 138 Å². The van der Waals surface area contributed by atoms with E-state index in [1.807, 2.05) is 6.07 Å². The Bertz CT molecular complexity index is 616. The van der Waals surface area contributed by atoms with Gasteiger partial charge in [0.15, 0.2) is 0 Å². The first kappa shape index (κ1) is 17.2. The van der Waals surface area contributed by atoms with Crippen LogP contribution in [0.2, 0.25) is 0 Å². The molecule has 2 heterocycles. The number of imide groups is 1. The number of hydrogen-bond acceptors (Lipinski definition) is 5. The van der Waals surface area contributed by atoms with E-state index in [2.05, 4.69) is 4.98 Å². The number of hydrogen-bond donors (Lipinski definition) is 1. The maximum atomic E-state index is 12.2. The number of carboxylic acids is 1. The standard InChI is InChI=1S/C16H18N2O4S/c19-14(20)7-3-1-2-4-9-18-15(21)13(23-16(18)22)10-12-6-5-8-17-11-12/h5-6,8,10-11H,1-4,7,9H2,(H,19,20). The predicted octanol–water partition coefficient (Wildman–Crippen LogP) is 3.15. The van der Waals surface area contributed by atoms with Crippen LogP contribution in [0.3, 0.4) is 0 Å². The van der Waals surface area contributed by atoms with E-state index in [1.54, 1.807) is 24.5 Å². The number of carbonyl (C=O) groups is 3. The van der Waals surface area contributed by atoms with E-state index in [-0.39, 0.29) is 17.6 Å². The Hall–Kier alpha value is -2.15. The van der Waals surface area contributed by atoms with Crippen molar-refractivity contribution in [2.45, 2.75) is 32.1 Å². The molecule has 1 aliphatic heterocycles. The van der Waals surface area contributed by atoms with Gasteiger partial charge in [0.2, 0.25) is 0 Å². The first-order valence-electron chi connectivity index (χ1n) is 7.45. The normalized spacial score (nSPS) is 16.3. The lowest BCUT2D eigenvalue weighted by atomic mass is 10.1. The van der Waals surface area contributed by atoms with Crippen molar-refractivity contribution in [1.82, 2.24) is 9.88 Å². The summed E-state index contributed by atoms with van der Waals surface area (Å²) in [6.07, 6.45) is 8.02. The number of aliphatic carboxylic acids is 1. The van der Waals surface area contributed by atoms with E-state index in [0.29, 0.717) is 24.3 Å². The zero-order valence-corrected chi connectivity index (χ0v) is 13.4. The van der Waals surface area contributed by atoms with Crippen molar-refractivity contribution in [1.29, 1.82) is 0 Å². The summed E-state index contributed by atoms with van der Waals surface area (Å²) in [6, 6.07) is 3.59. The maximum absolute atomic E-state index is 12.2. The van der Waals surface area contributed by atoms with Crippen molar-refractivity contribution in [3.05, 3.63) is 35.0 Å². The van der Waals surface area contributed by atoms with Crippen molar-refractivity contribution >= 4 is 35.0 Å². The Morgan fingerprint density at radius 3 is 2.74 bits per heavy atom. The molecule has 1 saturated heterocycles. The van der Waals surface area contributed by atoms with Crippen molar-refractivity contribution in [2.24, 2.45) is 0 Å². The second kappa shape index (κ2) is 8.47. The minimum Gasteiger partial charge on any atom is -0.481 e. The van der Waals surface area contributed by atoms with Crippen LogP contribution in [-0.4, -0.2) is 38.7 Å². The topological polar surface area (TPSA) is 87.6 Å². The van der Waals surface area contributed by atoms with Crippen LogP contribution in [-0.2, 0) is 9.59 Å². The van der Waals surface area contributed by atoms with Gasteiger partial charge in [-0.05, 0) is 42.3 Å². The molecule has 1 fully saturated rings. The molecule has 1 aromatic heterocycles. The summed E-state index contributed by atoms with van der Waals surface area (Å²) >= 11 is 0.942. The molecule has 1 N–H and O–H groups in total. The quantitative estimate of drug-likeness (QED) is 0.580. The zero-order chi connectivity index (χ0) is 16.7. The van der Waals surface area contributed by atoms with Gasteiger partial charge in [-0.15, -0.1) is 0 Å². The van der Waals surface area contributed by atoms with Gasteiger partial charge in [0.25, 0.3) is 11.1 Å². The second-order valence-corrected chi connectivity index (χ2v) is 6.17. The van der Waals surface area contributed by atoms with Crippen LogP contribution in [0.25, 0.3) is 6.08 Å². The van der Waals surface area contributed by atoms with Crippen molar-refractivity contribution in [3.63, 3.8) is 0 Å². The van der Waals surface area contributed by atoms with Crippen molar-refractivity contribution < 1.29 is 19.5 Å². The summed E-state index contributed by atoms with van der Waals surface area (Å²) < 4.78 is 0. The highest BCUT2D eigenvalue weighted by atomic mass is 32.2. The largest absolute Gasteiger partial charge is 0.481 e. The highest BCUT2D eigenvalue weighted by molar-refractivity contribution is 8.18. The van der Waals surface area contributed by atoms with E-state index in [0.717, 1.165) is 30.2 Å². The molecular formula is C16H18N2O4S. The molecule has 2 amide bonds. The first-order valence-corrected chi connectivity index (χ1v) is 8.27. The van der Waals surface area contributed by atoms with Gasteiger partial charge in [0.1, 0.15) is 0 Å². The van der Waals surface area contributed by atoms with Crippen LogP contribution in [0.4, 0.5) is 4.79 Å². The summed E-state index contributed by atoms with van der Waals surface area (Å²) in [4.78, 5) is 40.2. The summed E-state index contributed by atoms with van der Waals surface area (Å²) in [7, 11) is 0. The molecule has 0 radical (unpaired) electrons. The number of thioether (sulfide) groups is 1. The SMILES string of the molecule is O=C(O)CCCCCCN1C(=O)SC(=Cc2cccnc2)C1=O. The van der Waals surface area contributed by atoms with Gasteiger partial charge in [-0.1, -0.05) is 18.9 Å². The number of pyridine rings is 1. The molecule has 0 unspecified atom stereocenters. The van der Waals surface area contributed by atoms with Crippen molar-refractivity contribution in [2.75, 3.05) is 6.54 Å². The minimum atomic E-state index is -0.795. The van der Waals surface area contributed by atoms with Gasteiger partial charge in [-0.3, -0.25) is 24.3 Å². The van der Waals surface area contributed by atoms with Crippen LogP contribution in [0, 0.1) is 0 Å². The molecule has 1 aliphatic rings. The Morgan fingerprint density at radius 2 is 2.04 bits per heavy atom. The smallest absolute Gasteiger partial charge is 0.303 e. The van der Waals surface area contributed by atoms with Gasteiger partial charge in [0.05, 0.1) is 4.91 Å². The van der Waals surface area contributed by atoms with E-state index < -0.39 is 5.97 Å². The minimum absolute atomic E-state index is 0.162. The molecule has 0 saturated carbocycles. The Kier molecular flexibility index (Phi) is 6.34. The Morgan fingerprint density at radius 1 is 1.26 bits per heavy atom.